The van der Waals surface area contributed by atoms with E-state index >= 15 is 0 Å². The van der Waals surface area contributed by atoms with Gasteiger partial charge in [0.15, 0.2) is 17.5 Å². The van der Waals surface area contributed by atoms with Crippen molar-refractivity contribution in [2.24, 2.45) is 0 Å². The largest absolute Gasteiger partial charge is 0.455 e. The lowest BCUT2D eigenvalue weighted by Gasteiger charge is -2.16. The van der Waals surface area contributed by atoms with Crippen LogP contribution < -0.4 is 0 Å². The fraction of sp³-hybridized carbons (Fsp3) is 0. The molecule has 0 aliphatic heterocycles. The van der Waals surface area contributed by atoms with Crippen molar-refractivity contribution in [2.75, 3.05) is 0 Å². The fourth-order valence-corrected chi connectivity index (χ4v) is 7.63. The zero-order valence-corrected chi connectivity index (χ0v) is 29.7. The average Bonchev–Trinajstić information content (AvgIpc) is 3.88. The molecule has 0 amide bonds. The van der Waals surface area contributed by atoms with Crippen LogP contribution in [0, 0.1) is 0 Å². The lowest BCUT2D eigenvalue weighted by Crippen LogP contribution is -2.02. The van der Waals surface area contributed by atoms with Crippen LogP contribution in [0.3, 0.4) is 0 Å². The Balaban J connectivity index is 1.22. The minimum Gasteiger partial charge on any atom is -0.455 e. The maximum absolute atomic E-state index is 9.43. The minimum absolute atomic E-state index is 0.0262. The molecule has 11 aromatic rings. The highest BCUT2D eigenvalue weighted by molar-refractivity contribution is 6.12. The van der Waals surface area contributed by atoms with E-state index in [0.717, 1.165) is 44.1 Å². The zero-order chi connectivity index (χ0) is 42.2. The van der Waals surface area contributed by atoms with E-state index in [1.165, 1.54) is 6.07 Å². The van der Waals surface area contributed by atoms with Gasteiger partial charge in [-0.25, -0.2) is 15.0 Å². The molecule has 0 aliphatic rings. The molecule has 8 aromatic carbocycles. The Morgan fingerprint density at radius 2 is 1.00 bits per heavy atom. The van der Waals surface area contributed by atoms with Gasteiger partial charge in [0.1, 0.15) is 11.2 Å². The van der Waals surface area contributed by atoms with Gasteiger partial charge in [0.25, 0.3) is 0 Å². The first-order valence-electron chi connectivity index (χ1n) is 21.3. The Labute approximate surface area is 331 Å². The van der Waals surface area contributed by atoms with E-state index in [1.807, 2.05) is 115 Å². The van der Waals surface area contributed by atoms with Gasteiger partial charge in [-0.05, 0) is 41.4 Å². The lowest BCUT2D eigenvalue weighted by molar-refractivity contribution is 0.670. The molecule has 0 N–H and O–H groups in total. The molecule has 262 valence electrons. The zero-order valence-electron chi connectivity index (χ0n) is 35.7. The number of hydrogen-bond acceptors (Lipinski definition) is 4. The molecular weight excluding hydrogens is 685 g/mol. The Kier molecular flexibility index (Phi) is 6.10. The molecule has 5 nitrogen and oxygen atoms in total. The van der Waals surface area contributed by atoms with Crippen LogP contribution in [0.4, 0.5) is 0 Å². The van der Waals surface area contributed by atoms with E-state index in [4.69, 9.17) is 26.2 Å². The maximum Gasteiger partial charge on any atom is 0.164 e. The van der Waals surface area contributed by atoms with Crippen LogP contribution in [0.1, 0.15) is 8.22 Å². The van der Waals surface area contributed by atoms with Crippen molar-refractivity contribution in [3.05, 3.63) is 194 Å². The van der Waals surface area contributed by atoms with Crippen molar-refractivity contribution in [1.82, 2.24) is 19.5 Å². The van der Waals surface area contributed by atoms with E-state index in [2.05, 4.69) is 41.0 Å². The summed E-state index contributed by atoms with van der Waals surface area (Å²) >= 11 is 0. The molecule has 0 unspecified atom stereocenters. The SMILES string of the molecule is [2H]c1cc([2H])c2oc3c(-c4ccc(-c5nc(-c6ccccc6)nc(-c6cccc(-c7ccccc7)c6)n5)cc4-n4c5ccccc5c5ccccc54)c([2H])c([2H])c([2H])c3c2c1[2H]. The topological polar surface area (TPSA) is 56.7 Å². The van der Waals surface area contributed by atoms with Crippen molar-refractivity contribution in [2.45, 2.75) is 0 Å². The summed E-state index contributed by atoms with van der Waals surface area (Å²) in [5, 5.41) is 2.24. The first kappa shape index (κ1) is 26.2. The van der Waals surface area contributed by atoms with E-state index < -0.39 is 0 Å². The number of benzene rings is 8. The second-order valence-corrected chi connectivity index (χ2v) is 13.5. The van der Waals surface area contributed by atoms with Crippen LogP contribution in [-0.4, -0.2) is 19.5 Å². The summed E-state index contributed by atoms with van der Waals surface area (Å²) in [6.45, 7) is 0. The molecule has 0 saturated heterocycles. The summed E-state index contributed by atoms with van der Waals surface area (Å²) in [6.07, 6.45) is 0. The van der Waals surface area contributed by atoms with Crippen LogP contribution in [-0.2, 0) is 0 Å². The summed E-state index contributed by atoms with van der Waals surface area (Å²) in [7, 11) is 0. The molecule has 0 spiro atoms. The van der Waals surface area contributed by atoms with Crippen LogP contribution >= 0.6 is 0 Å². The number of nitrogens with zero attached hydrogens (tertiary/aromatic N) is 4. The van der Waals surface area contributed by atoms with Gasteiger partial charge in [0.05, 0.1) is 24.9 Å². The number of aromatic nitrogens is 4. The molecule has 0 aliphatic carbocycles. The Morgan fingerprint density at radius 1 is 0.411 bits per heavy atom. The predicted molar refractivity (Wildman–Crippen MR) is 229 cm³/mol. The molecule has 0 saturated carbocycles. The first-order valence-corrected chi connectivity index (χ1v) is 18.3. The summed E-state index contributed by atoms with van der Waals surface area (Å²) in [4.78, 5) is 15.2. The smallest absolute Gasteiger partial charge is 0.164 e. The highest BCUT2D eigenvalue weighted by atomic mass is 16.3. The predicted octanol–water partition coefficient (Wildman–Crippen LogP) is 13.2. The molecular formula is C51H32N4O. The quantitative estimate of drug-likeness (QED) is 0.171. The summed E-state index contributed by atoms with van der Waals surface area (Å²) in [5.41, 5.74) is 7.65. The summed E-state index contributed by atoms with van der Waals surface area (Å²) in [6, 6.07) is 49.7. The third-order valence-corrected chi connectivity index (χ3v) is 10.2. The van der Waals surface area contributed by atoms with Crippen molar-refractivity contribution in [1.29, 1.82) is 0 Å². The van der Waals surface area contributed by atoms with E-state index in [9.17, 15) is 1.37 Å². The van der Waals surface area contributed by atoms with Gasteiger partial charge in [-0.15, -0.1) is 0 Å². The highest BCUT2D eigenvalue weighted by Crippen LogP contribution is 2.42. The van der Waals surface area contributed by atoms with Gasteiger partial charge in [0, 0.05) is 49.4 Å². The van der Waals surface area contributed by atoms with Gasteiger partial charge < -0.3 is 8.98 Å². The van der Waals surface area contributed by atoms with Gasteiger partial charge in [-0.3, -0.25) is 0 Å². The van der Waals surface area contributed by atoms with Crippen LogP contribution in [0.15, 0.2) is 198 Å². The first-order chi connectivity index (χ1) is 30.2. The molecule has 0 atom stereocenters. The summed E-state index contributed by atoms with van der Waals surface area (Å²) in [5.74, 6) is 1.39. The maximum atomic E-state index is 9.43. The molecule has 11 rings (SSSR count). The van der Waals surface area contributed by atoms with E-state index in [1.54, 1.807) is 0 Å². The van der Waals surface area contributed by atoms with E-state index in [-0.39, 0.29) is 63.8 Å². The number of fused-ring (bicyclic) bond motifs is 6. The average molecular weight is 723 g/mol. The Morgan fingerprint density at radius 3 is 1.73 bits per heavy atom. The Hall–Kier alpha value is -7.63. The fourth-order valence-electron chi connectivity index (χ4n) is 7.63. The number of hydrogen-bond donors (Lipinski definition) is 0. The van der Waals surface area contributed by atoms with Crippen molar-refractivity contribution in [3.63, 3.8) is 0 Å². The van der Waals surface area contributed by atoms with E-state index in [0.29, 0.717) is 34.3 Å². The van der Waals surface area contributed by atoms with Crippen LogP contribution in [0.2, 0.25) is 0 Å². The molecule has 5 heteroatoms. The van der Waals surface area contributed by atoms with Crippen LogP contribution in [0.25, 0.3) is 106 Å². The molecule has 3 heterocycles. The lowest BCUT2D eigenvalue weighted by atomic mass is 9.98. The molecule has 3 aromatic heterocycles. The second kappa shape index (κ2) is 13.0. The van der Waals surface area contributed by atoms with Crippen molar-refractivity contribution >= 4 is 43.7 Å². The van der Waals surface area contributed by atoms with Crippen molar-refractivity contribution in [3.8, 4) is 62.1 Å². The molecule has 0 fully saturated rings. The third-order valence-electron chi connectivity index (χ3n) is 10.2. The third kappa shape index (κ3) is 5.29. The second-order valence-electron chi connectivity index (χ2n) is 13.5. The number of rotatable bonds is 6. The molecule has 0 bridgehead atoms. The van der Waals surface area contributed by atoms with Gasteiger partial charge in [-0.2, -0.15) is 0 Å². The summed E-state index contributed by atoms with van der Waals surface area (Å²) < 4.78 is 61.9. The Bertz CT molecular complexity index is 3550. The monoisotopic (exact) mass is 722 g/mol. The number of furan rings is 1. The molecule has 56 heavy (non-hydrogen) atoms. The van der Waals surface area contributed by atoms with Crippen molar-refractivity contribution < 1.29 is 12.6 Å². The van der Waals surface area contributed by atoms with Gasteiger partial charge >= 0.3 is 0 Å². The normalized spacial score (nSPS) is 13.1. The van der Waals surface area contributed by atoms with Gasteiger partial charge in [0.2, 0.25) is 0 Å². The standard InChI is InChI=1S/C51H32N4O/c1-3-15-33(16-4-1)35-19-13-20-36(31-35)50-52-49(34-17-5-2-6-18-34)53-51(54-50)37-29-30-40(42-24-14-25-43-41-23-9-12-28-47(41)56-48(42)43)46(32-37)55-44-26-10-7-21-38(44)39-22-8-11-27-45(39)55/h1-32H/i9D,14D,23D,24D,25D,28D. The minimum atomic E-state index is -0.360. The highest BCUT2D eigenvalue weighted by Gasteiger charge is 2.21. The molecule has 0 radical (unpaired) electrons. The van der Waals surface area contributed by atoms with Gasteiger partial charge in [-0.1, -0.05) is 164 Å². The number of para-hydroxylation sites is 4. The van der Waals surface area contributed by atoms with Crippen LogP contribution in [0.5, 0.6) is 0 Å².